The Morgan fingerprint density at radius 3 is 2.56 bits per heavy atom. The van der Waals surface area contributed by atoms with Crippen LogP contribution in [0.25, 0.3) is 0 Å². The lowest BCUT2D eigenvalue weighted by Gasteiger charge is -2.20. The standard InChI is InChI=1S/C20H21N5OS/c1-14-7-9-16(10-8-14)19(15-5-3-2-4-6-15)21-18(26)13-27-20-22-23-24-25(20)17-11-12-17/h2-10,17,19H,11-13H2,1H3,(H,21,26). The zero-order valence-corrected chi connectivity index (χ0v) is 15.9. The van der Waals surface area contributed by atoms with Gasteiger partial charge in [0.2, 0.25) is 11.1 Å². The Morgan fingerprint density at radius 1 is 1.15 bits per heavy atom. The fourth-order valence-corrected chi connectivity index (χ4v) is 3.68. The first-order chi connectivity index (χ1) is 13.2. The molecule has 7 heteroatoms. The lowest BCUT2D eigenvalue weighted by molar-refractivity contribution is -0.119. The molecule has 6 nitrogen and oxygen atoms in total. The quantitative estimate of drug-likeness (QED) is 0.638. The van der Waals surface area contributed by atoms with Crippen LogP contribution < -0.4 is 5.32 Å². The van der Waals surface area contributed by atoms with E-state index in [-0.39, 0.29) is 17.7 Å². The van der Waals surface area contributed by atoms with Gasteiger partial charge in [0.25, 0.3) is 0 Å². The van der Waals surface area contributed by atoms with Crippen LogP contribution in [0.3, 0.4) is 0 Å². The molecular weight excluding hydrogens is 358 g/mol. The molecule has 1 N–H and O–H groups in total. The molecule has 1 heterocycles. The monoisotopic (exact) mass is 379 g/mol. The summed E-state index contributed by atoms with van der Waals surface area (Å²) in [5.74, 6) is 0.238. The number of benzene rings is 2. The normalized spacial score (nSPS) is 14.7. The number of rotatable bonds is 7. The molecule has 1 amide bonds. The van der Waals surface area contributed by atoms with Gasteiger partial charge in [-0.2, -0.15) is 0 Å². The number of amides is 1. The third-order valence-corrected chi connectivity index (χ3v) is 5.47. The first kappa shape index (κ1) is 17.7. The maximum atomic E-state index is 12.6. The third-order valence-electron chi connectivity index (χ3n) is 4.54. The molecule has 1 aliphatic rings. The number of nitrogens with zero attached hydrogens (tertiary/aromatic N) is 4. The topological polar surface area (TPSA) is 72.7 Å². The fourth-order valence-electron chi connectivity index (χ4n) is 2.93. The molecule has 138 valence electrons. The second kappa shape index (κ2) is 7.92. The molecule has 0 saturated heterocycles. The SMILES string of the molecule is Cc1ccc(C(NC(=O)CSc2nnnn2C2CC2)c2ccccc2)cc1. The number of aryl methyl sites for hydroxylation is 1. The minimum atomic E-state index is -0.181. The number of carbonyl (C=O) groups excluding carboxylic acids is 1. The highest BCUT2D eigenvalue weighted by molar-refractivity contribution is 7.99. The Kier molecular flexibility index (Phi) is 5.20. The van der Waals surface area contributed by atoms with Gasteiger partial charge in [0.1, 0.15) is 0 Å². The van der Waals surface area contributed by atoms with E-state index >= 15 is 0 Å². The van der Waals surface area contributed by atoms with Crippen LogP contribution in [-0.4, -0.2) is 31.9 Å². The molecule has 0 spiro atoms. The molecule has 1 aliphatic carbocycles. The Hall–Kier alpha value is -2.67. The fraction of sp³-hybridized carbons (Fsp3) is 0.300. The molecule has 0 aliphatic heterocycles. The molecule has 4 rings (SSSR count). The van der Waals surface area contributed by atoms with Crippen LogP contribution in [0.5, 0.6) is 0 Å². The lowest BCUT2D eigenvalue weighted by Crippen LogP contribution is -2.30. The number of hydrogen-bond donors (Lipinski definition) is 1. The minimum Gasteiger partial charge on any atom is -0.344 e. The Bertz CT molecular complexity index is 906. The molecule has 1 aromatic heterocycles. The van der Waals surface area contributed by atoms with Gasteiger partial charge in [0.15, 0.2) is 0 Å². The largest absolute Gasteiger partial charge is 0.344 e. The predicted molar refractivity (Wildman–Crippen MR) is 104 cm³/mol. The van der Waals surface area contributed by atoms with Crippen LogP contribution in [-0.2, 0) is 4.79 Å². The van der Waals surface area contributed by atoms with Crippen molar-refractivity contribution >= 4 is 17.7 Å². The summed E-state index contributed by atoms with van der Waals surface area (Å²) < 4.78 is 1.83. The van der Waals surface area contributed by atoms with Gasteiger partial charge in [-0.1, -0.05) is 71.9 Å². The summed E-state index contributed by atoms with van der Waals surface area (Å²) in [6.07, 6.45) is 2.21. The van der Waals surface area contributed by atoms with Crippen LogP contribution in [0.2, 0.25) is 0 Å². The van der Waals surface area contributed by atoms with E-state index in [1.165, 1.54) is 17.3 Å². The van der Waals surface area contributed by atoms with Gasteiger partial charge in [-0.3, -0.25) is 4.79 Å². The summed E-state index contributed by atoms with van der Waals surface area (Å²) in [6.45, 7) is 2.06. The smallest absolute Gasteiger partial charge is 0.231 e. The number of thioether (sulfide) groups is 1. The Labute approximate surface area is 162 Å². The maximum absolute atomic E-state index is 12.6. The first-order valence-corrected chi connectivity index (χ1v) is 10.0. The van der Waals surface area contributed by atoms with Gasteiger partial charge in [0, 0.05) is 0 Å². The van der Waals surface area contributed by atoms with Crippen molar-refractivity contribution in [3.63, 3.8) is 0 Å². The molecule has 3 aromatic rings. The van der Waals surface area contributed by atoms with Crippen molar-refractivity contribution in [3.8, 4) is 0 Å². The van der Waals surface area contributed by atoms with Crippen molar-refractivity contribution in [1.82, 2.24) is 25.5 Å². The van der Waals surface area contributed by atoms with E-state index in [1.54, 1.807) is 0 Å². The van der Waals surface area contributed by atoms with Crippen molar-refractivity contribution in [3.05, 3.63) is 71.3 Å². The highest BCUT2D eigenvalue weighted by Gasteiger charge is 2.28. The first-order valence-electron chi connectivity index (χ1n) is 9.02. The van der Waals surface area contributed by atoms with Crippen molar-refractivity contribution < 1.29 is 4.79 Å². The Morgan fingerprint density at radius 2 is 1.85 bits per heavy atom. The number of tetrazole rings is 1. The number of hydrogen-bond acceptors (Lipinski definition) is 5. The Balaban J connectivity index is 1.46. The van der Waals surface area contributed by atoms with Crippen LogP contribution >= 0.6 is 11.8 Å². The number of aromatic nitrogens is 4. The molecule has 1 atom stereocenters. The third kappa shape index (κ3) is 4.36. The zero-order chi connectivity index (χ0) is 18.6. The van der Waals surface area contributed by atoms with E-state index in [4.69, 9.17) is 0 Å². The van der Waals surface area contributed by atoms with Gasteiger partial charge in [-0.05, 0) is 41.3 Å². The molecule has 0 bridgehead atoms. The van der Waals surface area contributed by atoms with Crippen molar-refractivity contribution in [2.45, 2.75) is 37.0 Å². The van der Waals surface area contributed by atoms with Gasteiger partial charge in [-0.25, -0.2) is 4.68 Å². The maximum Gasteiger partial charge on any atom is 0.231 e. The molecule has 2 aromatic carbocycles. The number of nitrogens with one attached hydrogen (secondary N) is 1. The van der Waals surface area contributed by atoms with Crippen LogP contribution in [0, 0.1) is 6.92 Å². The summed E-state index contributed by atoms with van der Waals surface area (Å²) in [7, 11) is 0. The minimum absolute atomic E-state index is 0.0419. The predicted octanol–water partition coefficient (Wildman–Crippen LogP) is 3.31. The second-order valence-corrected chi connectivity index (χ2v) is 7.69. The van der Waals surface area contributed by atoms with Crippen LogP contribution in [0.15, 0.2) is 59.8 Å². The second-order valence-electron chi connectivity index (χ2n) is 6.75. The van der Waals surface area contributed by atoms with E-state index < -0.39 is 0 Å². The molecule has 1 fully saturated rings. The number of carbonyl (C=O) groups is 1. The van der Waals surface area contributed by atoms with Gasteiger partial charge in [0.05, 0.1) is 17.8 Å². The van der Waals surface area contributed by atoms with E-state index in [0.717, 1.165) is 24.0 Å². The molecular formula is C20H21N5OS. The van der Waals surface area contributed by atoms with E-state index in [1.807, 2.05) is 35.0 Å². The van der Waals surface area contributed by atoms with Gasteiger partial charge < -0.3 is 5.32 Å². The summed E-state index contributed by atoms with van der Waals surface area (Å²) >= 11 is 1.38. The van der Waals surface area contributed by atoms with Crippen LogP contribution in [0.4, 0.5) is 0 Å². The van der Waals surface area contributed by atoms with E-state index in [2.05, 4.69) is 52.0 Å². The highest BCUT2D eigenvalue weighted by atomic mass is 32.2. The van der Waals surface area contributed by atoms with Crippen molar-refractivity contribution in [2.75, 3.05) is 5.75 Å². The average Bonchev–Trinajstić information content (AvgIpc) is 3.44. The van der Waals surface area contributed by atoms with Crippen molar-refractivity contribution in [1.29, 1.82) is 0 Å². The van der Waals surface area contributed by atoms with Crippen molar-refractivity contribution in [2.24, 2.45) is 0 Å². The lowest BCUT2D eigenvalue weighted by atomic mass is 9.98. The average molecular weight is 379 g/mol. The van der Waals surface area contributed by atoms with E-state index in [0.29, 0.717) is 11.2 Å². The summed E-state index contributed by atoms with van der Waals surface area (Å²) in [6, 6.07) is 18.5. The molecule has 1 saturated carbocycles. The van der Waals surface area contributed by atoms with Gasteiger partial charge in [-0.15, -0.1) is 5.10 Å². The molecule has 27 heavy (non-hydrogen) atoms. The zero-order valence-electron chi connectivity index (χ0n) is 15.1. The highest BCUT2D eigenvalue weighted by Crippen LogP contribution is 2.36. The summed E-state index contributed by atoms with van der Waals surface area (Å²) in [5, 5.41) is 15.7. The van der Waals surface area contributed by atoms with E-state index in [9.17, 15) is 4.79 Å². The summed E-state index contributed by atoms with van der Waals surface area (Å²) in [5.41, 5.74) is 3.31. The van der Waals surface area contributed by atoms with Crippen LogP contribution in [0.1, 0.15) is 41.6 Å². The molecule has 1 unspecified atom stereocenters. The molecule has 0 radical (unpaired) electrons. The summed E-state index contributed by atoms with van der Waals surface area (Å²) in [4.78, 5) is 12.6. The van der Waals surface area contributed by atoms with Gasteiger partial charge >= 0.3 is 0 Å².